The van der Waals surface area contributed by atoms with E-state index < -0.39 is 0 Å². The molecule has 1 spiro atoms. The molecule has 0 radical (unpaired) electrons. The summed E-state index contributed by atoms with van der Waals surface area (Å²) in [6.45, 7) is 13.6. The summed E-state index contributed by atoms with van der Waals surface area (Å²) < 4.78 is 6.56. The lowest BCUT2D eigenvalue weighted by Crippen LogP contribution is -2.60. The van der Waals surface area contributed by atoms with Gasteiger partial charge in [-0.1, -0.05) is 27.7 Å². The minimum atomic E-state index is 0.0347. The highest BCUT2D eigenvalue weighted by molar-refractivity contribution is 5.05. The molecule has 0 amide bonds. The third kappa shape index (κ3) is 2.02. The average molecular weight is 225 g/mol. The second-order valence-corrected chi connectivity index (χ2v) is 7.02. The zero-order chi connectivity index (χ0) is 12.0. The lowest BCUT2D eigenvalue weighted by atomic mass is 9.86. The van der Waals surface area contributed by atoms with Crippen LogP contribution in [-0.2, 0) is 4.74 Å². The number of rotatable bonds is 1. The van der Waals surface area contributed by atoms with Gasteiger partial charge in [-0.2, -0.15) is 0 Å². The Kier molecular flexibility index (Phi) is 2.87. The third-order valence-corrected chi connectivity index (χ3v) is 4.66. The Balaban J connectivity index is 2.19. The molecule has 2 fully saturated rings. The lowest BCUT2D eigenvalue weighted by molar-refractivity contribution is -0.186. The Morgan fingerprint density at radius 1 is 1.25 bits per heavy atom. The summed E-state index contributed by atoms with van der Waals surface area (Å²) in [5.41, 5.74) is 0.562. The monoisotopic (exact) mass is 225 g/mol. The fourth-order valence-electron chi connectivity index (χ4n) is 3.74. The number of morpholine rings is 1. The van der Waals surface area contributed by atoms with Crippen LogP contribution in [0.3, 0.4) is 0 Å². The molecule has 0 aromatic carbocycles. The van der Waals surface area contributed by atoms with Gasteiger partial charge in [-0.3, -0.25) is 0 Å². The van der Waals surface area contributed by atoms with Gasteiger partial charge in [0.05, 0.1) is 11.2 Å². The van der Waals surface area contributed by atoms with Crippen molar-refractivity contribution >= 4 is 0 Å². The van der Waals surface area contributed by atoms with Crippen molar-refractivity contribution in [1.82, 2.24) is 5.32 Å². The lowest BCUT2D eigenvalue weighted by Gasteiger charge is -2.48. The Bertz CT molecular complexity index is 276. The van der Waals surface area contributed by atoms with Gasteiger partial charge in [-0.15, -0.1) is 0 Å². The molecule has 3 atom stereocenters. The molecule has 1 N–H and O–H groups in total. The van der Waals surface area contributed by atoms with Gasteiger partial charge in [-0.05, 0) is 37.5 Å². The standard InChI is InChI=1S/C14H27NO/c1-6-13(5)9-15-10-14(16-13)8-12(3,4)7-11(14)2/h11,15H,6-10H2,1-5H3. The van der Waals surface area contributed by atoms with E-state index in [-0.39, 0.29) is 11.2 Å². The SMILES string of the molecule is CCC1(C)CNCC2(CC(C)(C)CC2C)O1. The molecule has 1 aliphatic heterocycles. The summed E-state index contributed by atoms with van der Waals surface area (Å²) in [7, 11) is 0. The molecule has 2 nitrogen and oxygen atoms in total. The van der Waals surface area contributed by atoms with E-state index in [2.05, 4.69) is 39.9 Å². The molecular formula is C14H27NO. The Hall–Kier alpha value is -0.0800. The van der Waals surface area contributed by atoms with Crippen molar-refractivity contribution in [2.45, 2.75) is 65.1 Å². The maximum atomic E-state index is 6.56. The van der Waals surface area contributed by atoms with Gasteiger partial charge in [0.15, 0.2) is 0 Å². The quantitative estimate of drug-likeness (QED) is 0.741. The van der Waals surface area contributed by atoms with E-state index in [1.165, 1.54) is 12.8 Å². The van der Waals surface area contributed by atoms with E-state index in [4.69, 9.17) is 4.74 Å². The fraction of sp³-hybridized carbons (Fsp3) is 1.00. The first-order valence-electron chi connectivity index (χ1n) is 6.72. The van der Waals surface area contributed by atoms with Gasteiger partial charge in [0.2, 0.25) is 0 Å². The van der Waals surface area contributed by atoms with Gasteiger partial charge >= 0.3 is 0 Å². The first kappa shape index (κ1) is 12.4. The fourth-order valence-corrected chi connectivity index (χ4v) is 3.74. The van der Waals surface area contributed by atoms with E-state index >= 15 is 0 Å². The highest BCUT2D eigenvalue weighted by atomic mass is 16.5. The smallest absolute Gasteiger partial charge is 0.0844 e. The second kappa shape index (κ2) is 3.71. The van der Waals surface area contributed by atoms with Crippen LogP contribution in [0.25, 0.3) is 0 Å². The highest BCUT2D eigenvalue weighted by Gasteiger charge is 2.53. The number of hydrogen-bond donors (Lipinski definition) is 1. The first-order chi connectivity index (χ1) is 7.31. The maximum absolute atomic E-state index is 6.56. The average Bonchev–Trinajstić information content (AvgIpc) is 2.36. The molecular weight excluding hydrogens is 198 g/mol. The van der Waals surface area contributed by atoms with Crippen molar-refractivity contribution in [3.8, 4) is 0 Å². The maximum Gasteiger partial charge on any atom is 0.0844 e. The van der Waals surface area contributed by atoms with Crippen LogP contribution in [0.1, 0.15) is 53.9 Å². The Labute approximate surface area is 100 Å². The molecule has 3 unspecified atom stereocenters. The van der Waals surface area contributed by atoms with Crippen LogP contribution in [0.5, 0.6) is 0 Å². The summed E-state index contributed by atoms with van der Waals surface area (Å²) in [6, 6.07) is 0. The summed E-state index contributed by atoms with van der Waals surface area (Å²) in [6.07, 6.45) is 3.58. The van der Waals surface area contributed by atoms with E-state index in [0.29, 0.717) is 11.3 Å². The number of nitrogens with one attached hydrogen (secondary N) is 1. The molecule has 0 bridgehead atoms. The molecule has 2 aliphatic rings. The molecule has 94 valence electrons. The van der Waals surface area contributed by atoms with Crippen molar-refractivity contribution in [2.75, 3.05) is 13.1 Å². The van der Waals surface area contributed by atoms with Gasteiger partial charge < -0.3 is 10.1 Å². The van der Waals surface area contributed by atoms with Crippen LogP contribution in [0.4, 0.5) is 0 Å². The summed E-state index contributed by atoms with van der Waals surface area (Å²) in [5.74, 6) is 0.668. The molecule has 2 rings (SSSR count). The molecule has 1 saturated heterocycles. The van der Waals surface area contributed by atoms with Gasteiger partial charge in [-0.25, -0.2) is 0 Å². The van der Waals surface area contributed by atoms with Crippen LogP contribution < -0.4 is 5.32 Å². The van der Waals surface area contributed by atoms with Gasteiger partial charge in [0, 0.05) is 13.1 Å². The molecule has 1 saturated carbocycles. The van der Waals surface area contributed by atoms with Crippen molar-refractivity contribution in [3.63, 3.8) is 0 Å². The van der Waals surface area contributed by atoms with E-state index in [9.17, 15) is 0 Å². The van der Waals surface area contributed by atoms with Crippen LogP contribution in [0, 0.1) is 11.3 Å². The zero-order valence-corrected chi connectivity index (χ0v) is 11.5. The Morgan fingerprint density at radius 3 is 2.44 bits per heavy atom. The molecule has 1 heterocycles. The van der Waals surface area contributed by atoms with Crippen molar-refractivity contribution < 1.29 is 4.74 Å². The van der Waals surface area contributed by atoms with E-state index in [1.54, 1.807) is 0 Å². The Morgan fingerprint density at radius 2 is 1.94 bits per heavy atom. The third-order valence-electron chi connectivity index (χ3n) is 4.66. The molecule has 16 heavy (non-hydrogen) atoms. The van der Waals surface area contributed by atoms with Crippen molar-refractivity contribution in [2.24, 2.45) is 11.3 Å². The molecule has 0 aromatic heterocycles. The first-order valence-corrected chi connectivity index (χ1v) is 6.72. The van der Waals surface area contributed by atoms with E-state index in [0.717, 1.165) is 19.5 Å². The van der Waals surface area contributed by atoms with E-state index in [1.807, 2.05) is 0 Å². The topological polar surface area (TPSA) is 21.3 Å². The summed E-state index contributed by atoms with van der Waals surface area (Å²) in [5, 5.41) is 3.60. The molecule has 1 aliphatic carbocycles. The summed E-state index contributed by atoms with van der Waals surface area (Å²) in [4.78, 5) is 0. The van der Waals surface area contributed by atoms with Gasteiger partial charge in [0.1, 0.15) is 0 Å². The largest absolute Gasteiger partial charge is 0.366 e. The predicted molar refractivity (Wildman–Crippen MR) is 67.6 cm³/mol. The second-order valence-electron chi connectivity index (χ2n) is 7.02. The van der Waals surface area contributed by atoms with Gasteiger partial charge in [0.25, 0.3) is 0 Å². The number of ether oxygens (including phenoxy) is 1. The van der Waals surface area contributed by atoms with Crippen LogP contribution in [-0.4, -0.2) is 24.3 Å². The summed E-state index contributed by atoms with van der Waals surface area (Å²) >= 11 is 0. The van der Waals surface area contributed by atoms with Crippen molar-refractivity contribution in [1.29, 1.82) is 0 Å². The number of hydrogen-bond acceptors (Lipinski definition) is 2. The molecule has 0 aromatic rings. The van der Waals surface area contributed by atoms with Crippen LogP contribution >= 0.6 is 0 Å². The minimum Gasteiger partial charge on any atom is -0.366 e. The minimum absolute atomic E-state index is 0.0347. The van der Waals surface area contributed by atoms with Crippen molar-refractivity contribution in [3.05, 3.63) is 0 Å². The van der Waals surface area contributed by atoms with Crippen LogP contribution in [0.2, 0.25) is 0 Å². The highest BCUT2D eigenvalue weighted by Crippen LogP contribution is 2.51. The van der Waals surface area contributed by atoms with Crippen LogP contribution in [0.15, 0.2) is 0 Å². The molecule has 2 heteroatoms. The normalized spacial score (nSPS) is 47.4. The zero-order valence-electron chi connectivity index (χ0n) is 11.5. The predicted octanol–water partition coefficient (Wildman–Crippen LogP) is 2.97.